The summed E-state index contributed by atoms with van der Waals surface area (Å²) in [5.41, 5.74) is 8.42. The molecule has 1 aliphatic heterocycles. The van der Waals surface area contributed by atoms with Gasteiger partial charge in [-0.25, -0.2) is 0 Å². The van der Waals surface area contributed by atoms with Crippen molar-refractivity contribution in [2.24, 2.45) is 5.73 Å². The molecule has 0 amide bonds. The van der Waals surface area contributed by atoms with Crippen LogP contribution in [0.4, 0.5) is 0 Å². The molecule has 1 atom stereocenters. The lowest BCUT2D eigenvalue weighted by molar-refractivity contribution is 0.326. The van der Waals surface area contributed by atoms with E-state index in [1.807, 2.05) is 6.92 Å². The van der Waals surface area contributed by atoms with Crippen molar-refractivity contribution in [1.82, 2.24) is 10.2 Å². The number of hydrogen-bond acceptors (Lipinski definition) is 6. The molecule has 0 radical (unpaired) electrons. The molecule has 0 bridgehead atoms. The van der Waals surface area contributed by atoms with Crippen LogP contribution in [0.1, 0.15) is 22.7 Å². The second-order valence-corrected chi connectivity index (χ2v) is 6.03. The van der Waals surface area contributed by atoms with E-state index in [9.17, 15) is 5.26 Å². The molecule has 0 saturated heterocycles. The van der Waals surface area contributed by atoms with Gasteiger partial charge in [0.2, 0.25) is 11.8 Å². The third-order valence-electron chi connectivity index (χ3n) is 4.06. The Labute approximate surface area is 155 Å². The number of allylic oxidation sites excluding steroid dienone is 1. The van der Waals surface area contributed by atoms with Crippen LogP contribution in [0.25, 0.3) is 0 Å². The fourth-order valence-corrected chi connectivity index (χ4v) is 3.19. The lowest BCUT2D eigenvalue weighted by Gasteiger charge is -2.24. The van der Waals surface area contributed by atoms with Gasteiger partial charge in [0.15, 0.2) is 11.5 Å². The topological polar surface area (TPSA) is 106 Å². The van der Waals surface area contributed by atoms with Gasteiger partial charge in [0.25, 0.3) is 0 Å². The summed E-state index contributed by atoms with van der Waals surface area (Å²) < 4.78 is 16.5. The molecule has 26 heavy (non-hydrogen) atoms. The van der Waals surface area contributed by atoms with Crippen molar-refractivity contribution in [1.29, 1.82) is 5.26 Å². The van der Waals surface area contributed by atoms with Crippen LogP contribution < -0.4 is 19.9 Å². The maximum Gasteiger partial charge on any atom is 0.244 e. The van der Waals surface area contributed by atoms with E-state index in [4.69, 9.17) is 31.5 Å². The number of fused-ring (bicyclic) bond motifs is 1. The number of benzene rings is 1. The molecule has 2 heterocycles. The van der Waals surface area contributed by atoms with Gasteiger partial charge in [-0.05, 0) is 24.6 Å². The molecular weight excluding hydrogens is 356 g/mol. The number of nitrogens with zero attached hydrogens (tertiary/aromatic N) is 2. The van der Waals surface area contributed by atoms with E-state index in [1.165, 1.54) is 7.11 Å². The van der Waals surface area contributed by atoms with Gasteiger partial charge in [-0.1, -0.05) is 24.3 Å². The first-order valence-electron chi connectivity index (χ1n) is 7.75. The summed E-state index contributed by atoms with van der Waals surface area (Å²) in [6.45, 7) is 5.75. The molecule has 7 nitrogen and oxygen atoms in total. The zero-order valence-corrected chi connectivity index (χ0v) is 15.1. The smallest absolute Gasteiger partial charge is 0.244 e. The fourth-order valence-electron chi connectivity index (χ4n) is 2.92. The molecule has 3 rings (SSSR count). The first-order valence-corrected chi connectivity index (χ1v) is 8.13. The number of rotatable bonds is 5. The first-order chi connectivity index (χ1) is 12.5. The molecule has 134 valence electrons. The number of nitriles is 1. The second kappa shape index (κ2) is 7.02. The molecule has 0 saturated carbocycles. The number of H-pyrrole nitrogens is 1. The van der Waals surface area contributed by atoms with Crippen molar-refractivity contribution in [3.05, 3.63) is 58.1 Å². The maximum atomic E-state index is 9.62. The summed E-state index contributed by atoms with van der Waals surface area (Å²) in [7, 11) is 1.52. The molecule has 0 spiro atoms. The normalized spacial score (nSPS) is 15.7. The van der Waals surface area contributed by atoms with Gasteiger partial charge in [0.05, 0.1) is 18.1 Å². The zero-order chi connectivity index (χ0) is 18.8. The highest BCUT2D eigenvalue weighted by Gasteiger charge is 2.35. The highest BCUT2D eigenvalue weighted by atomic mass is 35.5. The largest absolute Gasteiger partial charge is 0.493 e. The number of halogens is 1. The van der Waals surface area contributed by atoms with Crippen LogP contribution in [0.3, 0.4) is 0 Å². The predicted octanol–water partition coefficient (Wildman–Crippen LogP) is 3.16. The monoisotopic (exact) mass is 372 g/mol. The van der Waals surface area contributed by atoms with Crippen LogP contribution in [0.2, 0.25) is 5.02 Å². The second-order valence-electron chi connectivity index (χ2n) is 5.63. The average molecular weight is 373 g/mol. The van der Waals surface area contributed by atoms with Gasteiger partial charge >= 0.3 is 0 Å². The van der Waals surface area contributed by atoms with Gasteiger partial charge in [0.1, 0.15) is 18.2 Å². The summed E-state index contributed by atoms with van der Waals surface area (Å²) in [5, 5.41) is 16.9. The molecule has 0 unspecified atom stereocenters. The first kappa shape index (κ1) is 17.7. The summed E-state index contributed by atoms with van der Waals surface area (Å²) >= 11 is 6.41. The standard InChI is InChI=1S/C18H17ClN4O3/c1-4-5-25-16-12(19)6-10(7-13(16)24-3)15-11(8-20)17(21)26-18-14(15)9(2)22-23-18/h4,6-7,15H,1,5,21H2,2-3H3,(H,22,23)/t15-/m0/s1. The molecule has 1 aliphatic rings. The number of aromatic nitrogens is 2. The van der Waals surface area contributed by atoms with E-state index >= 15 is 0 Å². The third kappa shape index (κ3) is 2.85. The zero-order valence-electron chi connectivity index (χ0n) is 14.3. The minimum atomic E-state index is -0.484. The number of hydrogen-bond donors (Lipinski definition) is 2. The highest BCUT2D eigenvalue weighted by Crippen LogP contribution is 2.46. The lowest BCUT2D eigenvalue weighted by atomic mass is 9.84. The van der Waals surface area contributed by atoms with Crippen molar-refractivity contribution >= 4 is 11.6 Å². The number of ether oxygens (including phenoxy) is 3. The quantitative estimate of drug-likeness (QED) is 0.781. The van der Waals surface area contributed by atoms with E-state index < -0.39 is 5.92 Å². The van der Waals surface area contributed by atoms with Gasteiger partial charge in [-0.2, -0.15) is 5.26 Å². The molecule has 2 aromatic rings. The Balaban J connectivity index is 2.19. The summed E-state index contributed by atoms with van der Waals surface area (Å²) in [6, 6.07) is 5.61. The number of aromatic amines is 1. The molecule has 8 heteroatoms. The Hall–Kier alpha value is -3.11. The van der Waals surface area contributed by atoms with Crippen molar-refractivity contribution < 1.29 is 14.2 Å². The van der Waals surface area contributed by atoms with E-state index in [-0.39, 0.29) is 18.1 Å². The lowest BCUT2D eigenvalue weighted by Crippen LogP contribution is -2.21. The molecular formula is C18H17ClN4O3. The van der Waals surface area contributed by atoms with Crippen LogP contribution in [-0.2, 0) is 0 Å². The van der Waals surface area contributed by atoms with Crippen molar-refractivity contribution in [2.75, 3.05) is 13.7 Å². The molecule has 0 aliphatic carbocycles. The van der Waals surface area contributed by atoms with Crippen molar-refractivity contribution in [3.8, 4) is 23.4 Å². The summed E-state index contributed by atoms with van der Waals surface area (Å²) in [4.78, 5) is 0. The van der Waals surface area contributed by atoms with Crippen LogP contribution in [0.5, 0.6) is 17.4 Å². The Morgan fingerprint density at radius 1 is 1.54 bits per heavy atom. The van der Waals surface area contributed by atoms with Crippen molar-refractivity contribution in [3.63, 3.8) is 0 Å². The average Bonchev–Trinajstić information content (AvgIpc) is 2.99. The number of aryl methyl sites for hydroxylation is 1. The Bertz CT molecular complexity index is 943. The molecule has 1 aromatic heterocycles. The van der Waals surface area contributed by atoms with Gasteiger partial charge in [-0.15, -0.1) is 5.10 Å². The third-order valence-corrected chi connectivity index (χ3v) is 4.34. The van der Waals surface area contributed by atoms with E-state index in [0.29, 0.717) is 28.0 Å². The highest BCUT2D eigenvalue weighted by molar-refractivity contribution is 6.32. The Morgan fingerprint density at radius 3 is 2.96 bits per heavy atom. The molecule has 1 aromatic carbocycles. The Morgan fingerprint density at radius 2 is 2.31 bits per heavy atom. The van der Waals surface area contributed by atoms with Crippen LogP contribution in [0, 0.1) is 18.3 Å². The van der Waals surface area contributed by atoms with Crippen LogP contribution >= 0.6 is 11.6 Å². The number of nitrogens with one attached hydrogen (secondary N) is 1. The SMILES string of the molecule is C=CCOc1c(Cl)cc([C@H]2C(C#N)=C(N)Oc3n[nH]c(C)c32)cc1OC. The molecule has 0 fully saturated rings. The molecule has 3 N–H and O–H groups in total. The van der Waals surface area contributed by atoms with Crippen LogP contribution in [0.15, 0.2) is 36.2 Å². The summed E-state index contributed by atoms with van der Waals surface area (Å²) in [5.74, 6) is 0.718. The maximum absolute atomic E-state index is 9.62. The van der Waals surface area contributed by atoms with Gasteiger partial charge in [0, 0.05) is 11.3 Å². The Kier molecular flexibility index (Phi) is 4.78. The predicted molar refractivity (Wildman–Crippen MR) is 96.3 cm³/mol. The minimum absolute atomic E-state index is 0.0126. The van der Waals surface area contributed by atoms with Gasteiger partial charge < -0.3 is 19.9 Å². The number of methoxy groups -OCH3 is 1. The minimum Gasteiger partial charge on any atom is -0.493 e. The number of nitrogens with two attached hydrogens (primary N) is 1. The van der Waals surface area contributed by atoms with E-state index in [1.54, 1.807) is 18.2 Å². The van der Waals surface area contributed by atoms with Crippen LogP contribution in [-0.4, -0.2) is 23.9 Å². The fraction of sp³-hybridized carbons (Fsp3) is 0.222. The van der Waals surface area contributed by atoms with E-state index in [2.05, 4.69) is 22.8 Å². The van der Waals surface area contributed by atoms with Crippen molar-refractivity contribution in [2.45, 2.75) is 12.8 Å². The summed E-state index contributed by atoms with van der Waals surface area (Å²) in [6.07, 6.45) is 1.61. The van der Waals surface area contributed by atoms with Gasteiger partial charge in [-0.3, -0.25) is 5.10 Å². The van der Waals surface area contributed by atoms with E-state index in [0.717, 1.165) is 11.3 Å².